The second-order valence-electron chi connectivity index (χ2n) is 7.85. The third-order valence-electron chi connectivity index (χ3n) is 6.08. The van der Waals surface area contributed by atoms with Crippen molar-refractivity contribution in [3.63, 3.8) is 0 Å². The summed E-state index contributed by atoms with van der Waals surface area (Å²) in [5.74, 6) is 0. The fourth-order valence-electron chi connectivity index (χ4n) is 4.92. The molecule has 0 saturated heterocycles. The highest BCUT2D eigenvalue weighted by Gasteiger charge is 2.37. The van der Waals surface area contributed by atoms with Crippen molar-refractivity contribution in [2.45, 2.75) is 19.3 Å². The summed E-state index contributed by atoms with van der Waals surface area (Å²) < 4.78 is 4.18. The van der Waals surface area contributed by atoms with Crippen LogP contribution in [0, 0.1) is 0 Å². The van der Waals surface area contributed by atoms with Gasteiger partial charge in [-0.1, -0.05) is 62.4 Å². The summed E-state index contributed by atoms with van der Waals surface area (Å²) in [6.45, 7) is 4.52. The molecule has 0 unspecified atom stereocenters. The van der Waals surface area contributed by atoms with Crippen molar-refractivity contribution in [2.24, 2.45) is 0 Å². The van der Waals surface area contributed by atoms with E-state index in [9.17, 15) is 4.79 Å². The topological polar surface area (TPSA) is 26.4 Å². The summed E-state index contributed by atoms with van der Waals surface area (Å²) in [5.41, 5.74) is 6.35. The average Bonchev–Trinajstić information content (AvgIpc) is 3.04. The molecule has 0 N–H and O–H groups in total. The maximum Gasteiger partial charge on any atom is 0.266 e. The zero-order valence-corrected chi connectivity index (χ0v) is 15.2. The smallest absolute Gasteiger partial charge is 0.266 e. The monoisotopic (exact) mass is 350 g/mol. The van der Waals surface area contributed by atoms with Crippen molar-refractivity contribution in [3.8, 4) is 5.69 Å². The second-order valence-corrected chi connectivity index (χ2v) is 7.85. The van der Waals surface area contributed by atoms with Crippen LogP contribution in [0.2, 0.25) is 0 Å². The number of rotatable bonds is 0. The Morgan fingerprint density at radius 3 is 2.11 bits per heavy atom. The van der Waals surface area contributed by atoms with Gasteiger partial charge in [0.1, 0.15) is 5.65 Å². The largest absolute Gasteiger partial charge is 0.294 e. The maximum atomic E-state index is 13.6. The summed E-state index contributed by atoms with van der Waals surface area (Å²) in [6, 6.07) is 24.7. The standard InChI is InChI=1S/C24H18N2O/c1-24(2)17-11-5-8-14-20(17)26-22-21(24)15-9-3-6-12-18(15)25(22)19-13-7-4-10-16(19)23(26)27/h3-14H,1-2H3. The van der Waals surface area contributed by atoms with Crippen LogP contribution in [0.25, 0.3) is 33.1 Å². The van der Waals surface area contributed by atoms with Crippen molar-refractivity contribution >= 4 is 27.5 Å². The molecule has 0 aliphatic carbocycles. The van der Waals surface area contributed by atoms with Gasteiger partial charge in [-0.2, -0.15) is 0 Å². The molecule has 0 amide bonds. The van der Waals surface area contributed by atoms with Gasteiger partial charge in [0.2, 0.25) is 0 Å². The van der Waals surface area contributed by atoms with Crippen LogP contribution in [-0.4, -0.2) is 8.97 Å². The molecule has 130 valence electrons. The van der Waals surface area contributed by atoms with Gasteiger partial charge in [0.15, 0.2) is 0 Å². The molecule has 3 aromatic carbocycles. The minimum Gasteiger partial charge on any atom is -0.294 e. The molecule has 0 fully saturated rings. The summed E-state index contributed by atoms with van der Waals surface area (Å²) in [4.78, 5) is 13.6. The molecule has 3 heteroatoms. The van der Waals surface area contributed by atoms with Crippen molar-refractivity contribution in [1.82, 2.24) is 8.97 Å². The van der Waals surface area contributed by atoms with Gasteiger partial charge in [-0.3, -0.25) is 13.8 Å². The number of fused-ring (bicyclic) bond motifs is 7. The van der Waals surface area contributed by atoms with E-state index in [1.807, 2.05) is 34.9 Å². The van der Waals surface area contributed by atoms with Crippen molar-refractivity contribution in [3.05, 3.63) is 94.3 Å². The molecule has 0 saturated carbocycles. The highest BCUT2D eigenvalue weighted by molar-refractivity contribution is 5.99. The third kappa shape index (κ3) is 1.61. The van der Waals surface area contributed by atoms with Gasteiger partial charge in [-0.15, -0.1) is 0 Å². The van der Waals surface area contributed by atoms with E-state index in [1.54, 1.807) is 0 Å². The van der Waals surface area contributed by atoms with Gasteiger partial charge >= 0.3 is 0 Å². The van der Waals surface area contributed by atoms with E-state index in [0.29, 0.717) is 0 Å². The lowest BCUT2D eigenvalue weighted by Gasteiger charge is -2.33. The normalized spacial score (nSPS) is 14.7. The first kappa shape index (κ1) is 14.8. The first-order valence-corrected chi connectivity index (χ1v) is 9.28. The van der Waals surface area contributed by atoms with E-state index in [4.69, 9.17) is 0 Å². The van der Waals surface area contributed by atoms with Crippen LogP contribution in [0.1, 0.15) is 25.0 Å². The average molecular weight is 350 g/mol. The number of aromatic nitrogens is 2. The molecule has 0 bridgehead atoms. The Hall–Kier alpha value is -3.33. The second kappa shape index (κ2) is 4.68. The number of para-hydroxylation sites is 3. The molecular formula is C24H18N2O. The quantitative estimate of drug-likeness (QED) is 0.384. The van der Waals surface area contributed by atoms with Gasteiger partial charge in [0.25, 0.3) is 5.56 Å². The molecule has 3 nitrogen and oxygen atoms in total. The molecule has 0 atom stereocenters. The number of benzene rings is 3. The zero-order chi connectivity index (χ0) is 18.3. The van der Waals surface area contributed by atoms with Gasteiger partial charge in [-0.25, -0.2) is 0 Å². The van der Waals surface area contributed by atoms with Gasteiger partial charge in [0, 0.05) is 16.4 Å². The van der Waals surface area contributed by atoms with Crippen LogP contribution in [0.4, 0.5) is 0 Å². The number of nitrogens with zero attached hydrogens (tertiary/aromatic N) is 2. The molecule has 1 aliphatic rings. The Morgan fingerprint density at radius 2 is 1.33 bits per heavy atom. The highest BCUT2D eigenvalue weighted by atomic mass is 16.1. The molecule has 27 heavy (non-hydrogen) atoms. The third-order valence-corrected chi connectivity index (χ3v) is 6.08. The zero-order valence-electron chi connectivity index (χ0n) is 15.2. The minimum absolute atomic E-state index is 0.0464. The molecule has 5 aromatic rings. The molecule has 2 aromatic heterocycles. The van der Waals surface area contributed by atoms with E-state index in [1.165, 1.54) is 16.5 Å². The molecule has 0 radical (unpaired) electrons. The van der Waals surface area contributed by atoms with Crippen LogP contribution in [0.15, 0.2) is 77.6 Å². The highest BCUT2D eigenvalue weighted by Crippen LogP contribution is 2.46. The number of hydrogen-bond donors (Lipinski definition) is 0. The SMILES string of the molecule is CC1(C)c2ccccc2-n2c(=O)c3ccccc3n3c4ccccc4c1c23. The van der Waals surface area contributed by atoms with Crippen LogP contribution in [0.5, 0.6) is 0 Å². The number of hydrogen-bond acceptors (Lipinski definition) is 1. The van der Waals surface area contributed by atoms with E-state index in [-0.39, 0.29) is 11.0 Å². The Labute approximate surface area is 156 Å². The van der Waals surface area contributed by atoms with Crippen molar-refractivity contribution < 1.29 is 0 Å². The van der Waals surface area contributed by atoms with E-state index in [2.05, 4.69) is 60.7 Å². The first-order chi connectivity index (χ1) is 13.1. The summed E-state index contributed by atoms with van der Waals surface area (Å²) in [5, 5.41) is 1.95. The Balaban J connectivity index is 2.07. The Kier molecular flexibility index (Phi) is 2.57. The summed E-state index contributed by atoms with van der Waals surface area (Å²) >= 11 is 0. The fraction of sp³-hybridized carbons (Fsp3) is 0.125. The Bertz CT molecular complexity index is 1470. The lowest BCUT2D eigenvalue weighted by Crippen LogP contribution is -2.32. The van der Waals surface area contributed by atoms with Gasteiger partial charge in [0.05, 0.1) is 22.1 Å². The van der Waals surface area contributed by atoms with Gasteiger partial charge in [-0.05, 0) is 29.8 Å². The van der Waals surface area contributed by atoms with Crippen molar-refractivity contribution in [2.75, 3.05) is 0 Å². The molecule has 1 aliphatic heterocycles. The first-order valence-electron chi connectivity index (χ1n) is 9.28. The van der Waals surface area contributed by atoms with Crippen LogP contribution in [0.3, 0.4) is 0 Å². The lowest BCUT2D eigenvalue weighted by molar-refractivity contribution is 0.629. The lowest BCUT2D eigenvalue weighted by atomic mass is 9.75. The van der Waals surface area contributed by atoms with Crippen LogP contribution < -0.4 is 5.56 Å². The van der Waals surface area contributed by atoms with E-state index < -0.39 is 0 Å². The van der Waals surface area contributed by atoms with E-state index in [0.717, 1.165) is 27.8 Å². The fourth-order valence-corrected chi connectivity index (χ4v) is 4.92. The molecule has 0 spiro atoms. The van der Waals surface area contributed by atoms with Gasteiger partial charge < -0.3 is 0 Å². The molecule has 3 heterocycles. The minimum atomic E-state index is -0.195. The predicted octanol–water partition coefficient (Wildman–Crippen LogP) is 5.04. The van der Waals surface area contributed by atoms with E-state index >= 15 is 0 Å². The summed E-state index contributed by atoms with van der Waals surface area (Å²) in [7, 11) is 0. The predicted molar refractivity (Wildman–Crippen MR) is 110 cm³/mol. The summed E-state index contributed by atoms with van der Waals surface area (Å²) in [6.07, 6.45) is 0. The van der Waals surface area contributed by atoms with Crippen LogP contribution >= 0.6 is 0 Å². The maximum absolute atomic E-state index is 13.6. The molecular weight excluding hydrogens is 332 g/mol. The molecule has 6 rings (SSSR count). The Morgan fingerprint density at radius 1 is 0.741 bits per heavy atom. The van der Waals surface area contributed by atoms with Crippen LogP contribution in [-0.2, 0) is 5.41 Å². The van der Waals surface area contributed by atoms with Crippen molar-refractivity contribution in [1.29, 1.82) is 0 Å².